The number of para-hydroxylation sites is 2. The Kier molecular flexibility index (Phi) is 5.51. The number of piperidine rings is 1. The first kappa shape index (κ1) is 19.3. The molecule has 0 radical (unpaired) electrons. The van der Waals surface area contributed by atoms with Gasteiger partial charge in [-0.1, -0.05) is 36.8 Å². The van der Waals surface area contributed by atoms with Gasteiger partial charge in [-0.15, -0.1) is 11.3 Å². The van der Waals surface area contributed by atoms with Gasteiger partial charge < -0.3 is 10.3 Å². The van der Waals surface area contributed by atoms with E-state index in [0.29, 0.717) is 13.1 Å². The Morgan fingerprint density at radius 3 is 2.97 bits per heavy atom. The van der Waals surface area contributed by atoms with Crippen molar-refractivity contribution >= 4 is 38.4 Å². The van der Waals surface area contributed by atoms with Gasteiger partial charge in [0.25, 0.3) is 0 Å². The zero-order valence-electron chi connectivity index (χ0n) is 16.9. The Balaban J connectivity index is 1.20. The molecule has 2 aromatic heterocycles. The number of nitrogens with one attached hydrogen (secondary N) is 2. The maximum atomic E-state index is 12.7. The smallest absolute Gasteiger partial charge is 0.234 e. The maximum Gasteiger partial charge on any atom is 0.234 e. The Morgan fingerprint density at radius 1 is 1.17 bits per heavy atom. The zero-order valence-corrected chi connectivity index (χ0v) is 17.8. The second kappa shape index (κ2) is 8.58. The van der Waals surface area contributed by atoms with Crippen LogP contribution in [0.5, 0.6) is 0 Å². The molecule has 4 aromatic rings. The molecule has 5 nitrogen and oxygen atoms in total. The molecule has 1 aliphatic rings. The van der Waals surface area contributed by atoms with Crippen LogP contribution in [-0.2, 0) is 11.2 Å². The second-order valence-electron chi connectivity index (χ2n) is 7.96. The summed E-state index contributed by atoms with van der Waals surface area (Å²) in [6.45, 7) is 2.05. The Hall–Kier alpha value is -2.70. The van der Waals surface area contributed by atoms with E-state index in [4.69, 9.17) is 4.98 Å². The molecule has 1 amide bonds. The molecule has 30 heavy (non-hydrogen) atoms. The highest BCUT2D eigenvalue weighted by Gasteiger charge is 2.28. The summed E-state index contributed by atoms with van der Waals surface area (Å²) in [5.74, 6) is 0.0999. The molecule has 5 rings (SSSR count). The molecule has 154 valence electrons. The average Bonchev–Trinajstić information content (AvgIpc) is 3.38. The number of carbonyl (C=O) groups excluding carboxylic acids is 1. The van der Waals surface area contributed by atoms with Gasteiger partial charge in [0.05, 0.1) is 22.8 Å². The number of hydrogen-bond acceptors (Lipinski definition) is 4. The largest absolute Gasteiger partial charge is 0.361 e. The number of benzene rings is 2. The summed E-state index contributed by atoms with van der Waals surface area (Å²) in [5, 5.41) is 5.50. The predicted molar refractivity (Wildman–Crippen MR) is 123 cm³/mol. The molecule has 0 spiro atoms. The van der Waals surface area contributed by atoms with E-state index in [-0.39, 0.29) is 11.9 Å². The van der Waals surface area contributed by atoms with Crippen LogP contribution in [0.3, 0.4) is 0 Å². The summed E-state index contributed by atoms with van der Waals surface area (Å²) >= 11 is 1.76. The summed E-state index contributed by atoms with van der Waals surface area (Å²) in [6, 6.07) is 16.8. The third kappa shape index (κ3) is 3.98. The van der Waals surface area contributed by atoms with Crippen molar-refractivity contribution in [2.24, 2.45) is 0 Å². The first-order chi connectivity index (χ1) is 14.8. The number of aromatic nitrogens is 2. The van der Waals surface area contributed by atoms with E-state index in [1.54, 1.807) is 11.3 Å². The number of hydrogen-bond donors (Lipinski definition) is 2. The fourth-order valence-corrected chi connectivity index (χ4v) is 5.54. The lowest BCUT2D eigenvalue weighted by molar-refractivity contribution is -0.123. The molecule has 0 bridgehead atoms. The van der Waals surface area contributed by atoms with Gasteiger partial charge >= 0.3 is 0 Å². The number of nitrogens with zero attached hydrogens (tertiary/aromatic N) is 2. The monoisotopic (exact) mass is 418 g/mol. The number of aromatic amines is 1. The molecule has 3 heterocycles. The highest BCUT2D eigenvalue weighted by molar-refractivity contribution is 7.18. The minimum atomic E-state index is 0.0999. The predicted octanol–water partition coefficient (Wildman–Crippen LogP) is 4.66. The van der Waals surface area contributed by atoms with Crippen LogP contribution in [0, 0.1) is 0 Å². The summed E-state index contributed by atoms with van der Waals surface area (Å²) in [5.41, 5.74) is 3.45. The lowest BCUT2D eigenvalue weighted by Gasteiger charge is -2.33. The third-order valence-electron chi connectivity index (χ3n) is 5.95. The summed E-state index contributed by atoms with van der Waals surface area (Å²) in [4.78, 5) is 23.1. The summed E-state index contributed by atoms with van der Waals surface area (Å²) < 4.78 is 1.22. The minimum absolute atomic E-state index is 0.0999. The number of fused-ring (bicyclic) bond motifs is 2. The SMILES string of the molecule is O=C(CN1CCCCC1c1nc2ccccc2s1)NCCc1c[nH]c2ccccc12. The first-order valence-corrected chi connectivity index (χ1v) is 11.5. The van der Waals surface area contributed by atoms with Gasteiger partial charge in [-0.3, -0.25) is 9.69 Å². The first-order valence-electron chi connectivity index (χ1n) is 10.7. The lowest BCUT2D eigenvalue weighted by Crippen LogP contribution is -2.42. The van der Waals surface area contributed by atoms with E-state index in [9.17, 15) is 4.79 Å². The standard InChI is InChI=1S/C24H26N4OS/c29-23(25-13-12-17-15-26-19-8-2-1-7-18(17)19)16-28-14-6-5-10-21(28)24-27-20-9-3-4-11-22(20)30-24/h1-4,7-9,11,15,21,26H,5-6,10,12-14,16H2,(H,25,29). The van der Waals surface area contributed by atoms with Gasteiger partial charge in [0.2, 0.25) is 5.91 Å². The van der Waals surface area contributed by atoms with E-state index < -0.39 is 0 Å². The molecule has 1 atom stereocenters. The van der Waals surface area contributed by atoms with Crippen molar-refractivity contribution in [2.75, 3.05) is 19.6 Å². The number of thiazole rings is 1. The maximum absolute atomic E-state index is 12.7. The Morgan fingerprint density at radius 2 is 2.03 bits per heavy atom. The molecule has 1 fully saturated rings. The lowest BCUT2D eigenvalue weighted by atomic mass is 10.0. The molecule has 1 aliphatic heterocycles. The van der Waals surface area contributed by atoms with Gasteiger partial charge in [0.15, 0.2) is 0 Å². The van der Waals surface area contributed by atoms with E-state index in [2.05, 4.69) is 51.6 Å². The van der Waals surface area contributed by atoms with Crippen LogP contribution in [0.25, 0.3) is 21.1 Å². The van der Waals surface area contributed by atoms with Crippen molar-refractivity contribution < 1.29 is 4.79 Å². The molecule has 1 saturated heterocycles. The number of likely N-dealkylation sites (tertiary alicyclic amines) is 1. The van der Waals surface area contributed by atoms with Crippen molar-refractivity contribution in [1.82, 2.24) is 20.2 Å². The van der Waals surface area contributed by atoms with Gasteiger partial charge in [-0.2, -0.15) is 0 Å². The Labute approximate surface area is 180 Å². The highest BCUT2D eigenvalue weighted by atomic mass is 32.1. The van der Waals surface area contributed by atoms with Crippen LogP contribution in [0.1, 0.15) is 35.9 Å². The third-order valence-corrected chi connectivity index (χ3v) is 7.08. The number of H-pyrrole nitrogens is 1. The number of carbonyl (C=O) groups is 1. The van der Waals surface area contributed by atoms with Crippen LogP contribution in [0.2, 0.25) is 0 Å². The van der Waals surface area contributed by atoms with E-state index in [1.165, 1.54) is 22.1 Å². The topological polar surface area (TPSA) is 61.0 Å². The molecule has 0 aliphatic carbocycles. The van der Waals surface area contributed by atoms with Gasteiger partial charge in [-0.25, -0.2) is 4.98 Å². The highest BCUT2D eigenvalue weighted by Crippen LogP contribution is 2.35. The zero-order chi connectivity index (χ0) is 20.3. The van der Waals surface area contributed by atoms with Crippen molar-refractivity contribution in [1.29, 1.82) is 0 Å². The van der Waals surface area contributed by atoms with Crippen LogP contribution in [-0.4, -0.2) is 40.4 Å². The summed E-state index contributed by atoms with van der Waals surface area (Å²) in [6.07, 6.45) is 6.29. The molecule has 6 heteroatoms. The molecular weight excluding hydrogens is 392 g/mol. The number of rotatable bonds is 6. The molecule has 0 saturated carbocycles. The normalized spacial score (nSPS) is 17.5. The van der Waals surface area contributed by atoms with Crippen LogP contribution in [0.15, 0.2) is 54.7 Å². The van der Waals surface area contributed by atoms with Crippen molar-refractivity contribution in [3.05, 3.63) is 65.3 Å². The fourth-order valence-electron chi connectivity index (χ4n) is 4.41. The van der Waals surface area contributed by atoms with Gasteiger partial charge in [0, 0.05) is 23.6 Å². The van der Waals surface area contributed by atoms with Crippen LogP contribution < -0.4 is 5.32 Å². The molecule has 2 N–H and O–H groups in total. The molecular formula is C24H26N4OS. The van der Waals surface area contributed by atoms with Crippen molar-refractivity contribution in [2.45, 2.75) is 31.7 Å². The van der Waals surface area contributed by atoms with E-state index >= 15 is 0 Å². The van der Waals surface area contributed by atoms with Crippen molar-refractivity contribution in [3.63, 3.8) is 0 Å². The van der Waals surface area contributed by atoms with Gasteiger partial charge in [-0.05, 0) is 49.6 Å². The van der Waals surface area contributed by atoms with Crippen LogP contribution >= 0.6 is 11.3 Å². The van der Waals surface area contributed by atoms with E-state index in [0.717, 1.165) is 41.8 Å². The minimum Gasteiger partial charge on any atom is -0.361 e. The quantitative estimate of drug-likeness (QED) is 0.479. The average molecular weight is 419 g/mol. The Bertz CT molecular complexity index is 1130. The van der Waals surface area contributed by atoms with Crippen molar-refractivity contribution in [3.8, 4) is 0 Å². The summed E-state index contributed by atoms with van der Waals surface area (Å²) in [7, 11) is 0. The molecule has 1 unspecified atom stereocenters. The second-order valence-corrected chi connectivity index (χ2v) is 9.02. The number of amides is 1. The van der Waals surface area contributed by atoms with Gasteiger partial charge in [0.1, 0.15) is 5.01 Å². The fraction of sp³-hybridized carbons (Fsp3) is 0.333. The molecule has 2 aromatic carbocycles. The van der Waals surface area contributed by atoms with E-state index in [1.807, 2.05) is 18.3 Å². The van der Waals surface area contributed by atoms with Crippen LogP contribution in [0.4, 0.5) is 0 Å².